The summed E-state index contributed by atoms with van der Waals surface area (Å²) < 4.78 is 0. The summed E-state index contributed by atoms with van der Waals surface area (Å²) in [6, 6.07) is 0. The van der Waals surface area contributed by atoms with Gasteiger partial charge in [-0.2, -0.15) is 0 Å². The number of rotatable bonds is 0. The maximum Gasteiger partial charge on any atom is 0.0705 e. The summed E-state index contributed by atoms with van der Waals surface area (Å²) in [7, 11) is 0. The lowest BCUT2D eigenvalue weighted by Crippen LogP contribution is -2.32. The first-order valence-electron chi connectivity index (χ1n) is 3.20. The number of halogens is 1. The summed E-state index contributed by atoms with van der Waals surface area (Å²) in [5.74, 6) is 0. The van der Waals surface area contributed by atoms with Crippen molar-refractivity contribution in [1.29, 1.82) is 0 Å². The summed E-state index contributed by atoms with van der Waals surface area (Å²) in [6.07, 6.45) is 1.15. The van der Waals surface area contributed by atoms with Gasteiger partial charge in [0.15, 0.2) is 0 Å². The zero-order valence-electron chi connectivity index (χ0n) is 5.13. The van der Waals surface area contributed by atoms with E-state index in [1.54, 1.807) is 0 Å². The third-order valence-corrected chi connectivity index (χ3v) is 2.18. The third-order valence-electron chi connectivity index (χ3n) is 1.71. The third kappa shape index (κ3) is 1.81. The molecule has 3 heteroatoms. The summed E-state index contributed by atoms with van der Waals surface area (Å²) >= 11 is 5.65. The molecule has 1 saturated carbocycles. The lowest BCUT2D eigenvalue weighted by atomic mass is 9.95. The van der Waals surface area contributed by atoms with Gasteiger partial charge in [-0.05, 0) is 19.3 Å². The second-order valence-corrected chi connectivity index (χ2v) is 3.11. The van der Waals surface area contributed by atoms with Crippen LogP contribution >= 0.6 is 11.6 Å². The van der Waals surface area contributed by atoms with E-state index in [4.69, 9.17) is 21.8 Å². The summed E-state index contributed by atoms with van der Waals surface area (Å²) in [5.41, 5.74) is 0. The fourth-order valence-corrected chi connectivity index (χ4v) is 1.41. The highest BCUT2D eigenvalue weighted by Crippen LogP contribution is 2.22. The molecule has 1 rings (SSSR count). The van der Waals surface area contributed by atoms with Gasteiger partial charge in [-0.3, -0.25) is 0 Å². The maximum atomic E-state index is 9.05. The Hall–Kier alpha value is 0.210. The molecule has 0 aliphatic heterocycles. The van der Waals surface area contributed by atoms with Gasteiger partial charge < -0.3 is 10.2 Å². The molecule has 2 N–H and O–H groups in total. The van der Waals surface area contributed by atoms with Gasteiger partial charge in [0.2, 0.25) is 0 Å². The highest BCUT2D eigenvalue weighted by molar-refractivity contribution is 6.21. The summed E-state index contributed by atoms with van der Waals surface area (Å²) in [6.45, 7) is 0. The fourth-order valence-electron chi connectivity index (χ4n) is 1.08. The first-order chi connectivity index (χ1) is 4.20. The van der Waals surface area contributed by atoms with Crippen molar-refractivity contribution in [2.45, 2.75) is 36.8 Å². The Labute approximate surface area is 59.4 Å². The van der Waals surface area contributed by atoms with Crippen molar-refractivity contribution >= 4 is 11.6 Å². The standard InChI is InChI=1S/C6H11ClO2/c7-5-3-4(8)1-2-6(5)9/h4-6,8-9H,1-3H2. The van der Waals surface area contributed by atoms with Crippen LogP contribution in [0, 0.1) is 0 Å². The average Bonchev–Trinajstić information content (AvgIpc) is 1.80. The lowest BCUT2D eigenvalue weighted by molar-refractivity contribution is 0.0576. The second kappa shape index (κ2) is 2.86. The van der Waals surface area contributed by atoms with Crippen LogP contribution in [0.2, 0.25) is 0 Å². The van der Waals surface area contributed by atoms with E-state index in [0.717, 1.165) is 0 Å². The topological polar surface area (TPSA) is 40.5 Å². The monoisotopic (exact) mass is 150 g/mol. The van der Waals surface area contributed by atoms with Gasteiger partial charge in [0.1, 0.15) is 0 Å². The molecule has 3 unspecified atom stereocenters. The minimum Gasteiger partial charge on any atom is -0.393 e. The first kappa shape index (κ1) is 7.32. The van der Waals surface area contributed by atoms with Gasteiger partial charge in [-0.15, -0.1) is 11.6 Å². The second-order valence-electron chi connectivity index (χ2n) is 2.55. The van der Waals surface area contributed by atoms with Crippen molar-refractivity contribution in [2.75, 3.05) is 0 Å². The predicted molar refractivity (Wildman–Crippen MR) is 35.5 cm³/mol. The number of aliphatic hydroxyl groups excluding tert-OH is 2. The molecule has 0 heterocycles. The largest absolute Gasteiger partial charge is 0.393 e. The van der Waals surface area contributed by atoms with Crippen LogP contribution < -0.4 is 0 Å². The van der Waals surface area contributed by atoms with Gasteiger partial charge in [-0.1, -0.05) is 0 Å². The molecular weight excluding hydrogens is 140 g/mol. The fraction of sp³-hybridized carbons (Fsp3) is 1.00. The zero-order valence-corrected chi connectivity index (χ0v) is 5.88. The molecular formula is C6H11ClO2. The van der Waals surface area contributed by atoms with Gasteiger partial charge in [0, 0.05) is 0 Å². The molecule has 0 radical (unpaired) electrons. The number of aliphatic hydroxyl groups is 2. The van der Waals surface area contributed by atoms with Crippen LogP contribution in [0.4, 0.5) is 0 Å². The van der Waals surface area contributed by atoms with E-state index >= 15 is 0 Å². The minimum absolute atomic E-state index is 0.242. The van der Waals surface area contributed by atoms with Crippen molar-refractivity contribution in [1.82, 2.24) is 0 Å². The highest BCUT2D eigenvalue weighted by Gasteiger charge is 2.25. The Morgan fingerprint density at radius 1 is 1.22 bits per heavy atom. The average molecular weight is 151 g/mol. The van der Waals surface area contributed by atoms with E-state index in [0.29, 0.717) is 19.3 Å². The molecule has 0 spiro atoms. The zero-order chi connectivity index (χ0) is 6.85. The Morgan fingerprint density at radius 2 is 1.89 bits per heavy atom. The smallest absolute Gasteiger partial charge is 0.0705 e. The van der Waals surface area contributed by atoms with Crippen molar-refractivity contribution < 1.29 is 10.2 Å². The lowest BCUT2D eigenvalue weighted by Gasteiger charge is -2.25. The molecule has 1 fully saturated rings. The summed E-state index contributed by atoms with van der Waals surface area (Å²) in [4.78, 5) is 0. The first-order valence-corrected chi connectivity index (χ1v) is 3.64. The molecule has 3 atom stereocenters. The van der Waals surface area contributed by atoms with Crippen molar-refractivity contribution in [2.24, 2.45) is 0 Å². The van der Waals surface area contributed by atoms with Crippen LogP contribution in [0.5, 0.6) is 0 Å². The Bertz CT molecular complexity index is 97.1. The normalized spacial score (nSPS) is 45.0. The predicted octanol–water partition coefficient (Wildman–Crippen LogP) is 0.500. The maximum absolute atomic E-state index is 9.05. The SMILES string of the molecule is OC1CCC(O)C(Cl)C1. The van der Waals surface area contributed by atoms with E-state index in [2.05, 4.69) is 0 Å². The summed E-state index contributed by atoms with van der Waals surface area (Å²) in [5, 5.41) is 17.8. The quantitative estimate of drug-likeness (QED) is 0.494. The van der Waals surface area contributed by atoms with Gasteiger partial charge in [-0.25, -0.2) is 0 Å². The number of hydrogen-bond acceptors (Lipinski definition) is 2. The van der Waals surface area contributed by atoms with Crippen molar-refractivity contribution in [3.8, 4) is 0 Å². The van der Waals surface area contributed by atoms with E-state index in [1.807, 2.05) is 0 Å². The van der Waals surface area contributed by atoms with Crippen LogP contribution in [-0.2, 0) is 0 Å². The molecule has 0 amide bonds. The van der Waals surface area contributed by atoms with Crippen LogP contribution in [-0.4, -0.2) is 27.8 Å². The van der Waals surface area contributed by atoms with Crippen LogP contribution in [0.1, 0.15) is 19.3 Å². The van der Waals surface area contributed by atoms with Gasteiger partial charge >= 0.3 is 0 Å². The molecule has 0 bridgehead atoms. The van der Waals surface area contributed by atoms with Crippen LogP contribution in [0.3, 0.4) is 0 Å². The van der Waals surface area contributed by atoms with Crippen LogP contribution in [0.25, 0.3) is 0 Å². The molecule has 1 aliphatic rings. The van der Waals surface area contributed by atoms with Gasteiger partial charge in [0.25, 0.3) is 0 Å². The van der Waals surface area contributed by atoms with E-state index in [9.17, 15) is 0 Å². The number of alkyl halides is 1. The molecule has 0 saturated heterocycles. The Balaban J connectivity index is 2.35. The molecule has 2 nitrogen and oxygen atoms in total. The Morgan fingerprint density at radius 3 is 2.33 bits per heavy atom. The van der Waals surface area contributed by atoms with Crippen LogP contribution in [0.15, 0.2) is 0 Å². The minimum atomic E-state index is -0.407. The molecule has 1 aliphatic carbocycles. The van der Waals surface area contributed by atoms with Crippen molar-refractivity contribution in [3.63, 3.8) is 0 Å². The van der Waals surface area contributed by atoms with Gasteiger partial charge in [0.05, 0.1) is 17.6 Å². The molecule has 0 aromatic rings. The van der Waals surface area contributed by atoms with E-state index in [1.165, 1.54) is 0 Å². The number of hydrogen-bond donors (Lipinski definition) is 2. The Kier molecular flexibility index (Phi) is 2.33. The molecule has 0 aromatic carbocycles. The van der Waals surface area contributed by atoms with E-state index < -0.39 is 6.10 Å². The highest BCUT2D eigenvalue weighted by atomic mass is 35.5. The van der Waals surface area contributed by atoms with Crippen molar-refractivity contribution in [3.05, 3.63) is 0 Å². The van der Waals surface area contributed by atoms with E-state index in [-0.39, 0.29) is 11.5 Å². The molecule has 0 aromatic heterocycles. The molecule has 54 valence electrons. The molecule has 9 heavy (non-hydrogen) atoms.